The SMILES string of the molecule is COC(C)(c1c(OC(F)F)cc(C)c2c1ccn2C(=O)O)c1nc2cc(C#N)ccc2n1COCC[Si](C)(C)C. The second-order valence-electron chi connectivity index (χ2n) is 10.9. The molecule has 0 saturated heterocycles. The molecule has 2 heterocycles. The Hall–Kier alpha value is -3.79. The molecule has 4 aromatic rings. The molecule has 9 nitrogen and oxygen atoms in total. The van der Waals surface area contributed by atoms with E-state index < -0.39 is 26.4 Å². The summed E-state index contributed by atoms with van der Waals surface area (Å²) >= 11 is 0. The van der Waals surface area contributed by atoms with Gasteiger partial charge >= 0.3 is 12.7 Å². The number of fused-ring (bicyclic) bond motifs is 2. The maximum atomic E-state index is 13.7. The number of methoxy groups -OCH3 is 1. The van der Waals surface area contributed by atoms with Gasteiger partial charge in [0.1, 0.15) is 18.3 Å². The van der Waals surface area contributed by atoms with Crippen LogP contribution in [0.3, 0.4) is 0 Å². The average Bonchev–Trinajstić information content (AvgIpc) is 3.48. The van der Waals surface area contributed by atoms with Gasteiger partial charge in [-0.05, 0) is 55.8 Å². The van der Waals surface area contributed by atoms with E-state index in [4.69, 9.17) is 19.2 Å². The fraction of sp³-hybridized carbons (Fsp3) is 0.393. The number of benzene rings is 2. The van der Waals surface area contributed by atoms with Gasteiger partial charge in [0.25, 0.3) is 0 Å². The Bertz CT molecular complexity index is 1620. The lowest BCUT2D eigenvalue weighted by Gasteiger charge is -2.31. The lowest BCUT2D eigenvalue weighted by molar-refractivity contribution is -0.0544. The van der Waals surface area contributed by atoms with E-state index in [1.807, 2.05) is 0 Å². The van der Waals surface area contributed by atoms with Crippen molar-refractivity contribution in [1.29, 1.82) is 5.26 Å². The predicted molar refractivity (Wildman–Crippen MR) is 149 cm³/mol. The molecule has 0 aliphatic rings. The number of hydrogen-bond acceptors (Lipinski definition) is 6. The largest absolute Gasteiger partial charge is 0.464 e. The maximum absolute atomic E-state index is 13.7. The summed E-state index contributed by atoms with van der Waals surface area (Å²) in [6.45, 7) is 7.50. The number of rotatable bonds is 10. The van der Waals surface area contributed by atoms with Crippen LogP contribution in [0.25, 0.3) is 21.9 Å². The van der Waals surface area contributed by atoms with Gasteiger partial charge in [-0.15, -0.1) is 0 Å². The van der Waals surface area contributed by atoms with Gasteiger partial charge in [-0.1, -0.05) is 19.6 Å². The fourth-order valence-corrected chi connectivity index (χ4v) is 5.64. The van der Waals surface area contributed by atoms with E-state index in [0.717, 1.165) is 10.6 Å². The first-order valence-electron chi connectivity index (χ1n) is 12.7. The molecule has 2 aromatic heterocycles. The minimum atomic E-state index is -3.14. The number of ether oxygens (including phenoxy) is 3. The monoisotopic (exact) mass is 570 g/mol. The number of imidazole rings is 1. The zero-order chi connectivity index (χ0) is 29.4. The van der Waals surface area contributed by atoms with Crippen LogP contribution in [0.5, 0.6) is 5.75 Å². The molecule has 40 heavy (non-hydrogen) atoms. The first kappa shape index (κ1) is 29.2. The molecule has 0 fully saturated rings. The van der Waals surface area contributed by atoms with Crippen molar-refractivity contribution in [2.75, 3.05) is 13.7 Å². The number of nitrogens with zero attached hydrogens (tertiary/aromatic N) is 4. The van der Waals surface area contributed by atoms with Crippen molar-refractivity contribution < 1.29 is 32.9 Å². The summed E-state index contributed by atoms with van der Waals surface area (Å²) in [5, 5.41) is 19.6. The van der Waals surface area contributed by atoms with Crippen LogP contribution >= 0.6 is 0 Å². The third-order valence-electron chi connectivity index (χ3n) is 6.95. The Labute approximate surface area is 231 Å². The third kappa shape index (κ3) is 5.45. The molecule has 0 amide bonds. The van der Waals surface area contributed by atoms with E-state index >= 15 is 0 Å². The third-order valence-corrected chi connectivity index (χ3v) is 8.66. The molecule has 0 aliphatic carbocycles. The minimum Gasteiger partial charge on any atom is -0.464 e. The highest BCUT2D eigenvalue weighted by Gasteiger charge is 2.40. The molecule has 0 saturated carbocycles. The van der Waals surface area contributed by atoms with Gasteiger partial charge in [0, 0.05) is 38.9 Å². The minimum absolute atomic E-state index is 0.0946. The highest BCUT2D eigenvalue weighted by Crippen LogP contribution is 2.45. The van der Waals surface area contributed by atoms with E-state index in [1.54, 1.807) is 36.6 Å². The zero-order valence-corrected chi connectivity index (χ0v) is 24.3. The molecular weight excluding hydrogens is 538 g/mol. The number of hydrogen-bond donors (Lipinski definition) is 1. The van der Waals surface area contributed by atoms with Crippen molar-refractivity contribution in [3.8, 4) is 11.8 Å². The Balaban J connectivity index is 1.99. The van der Waals surface area contributed by atoms with E-state index in [-0.39, 0.29) is 18.0 Å². The van der Waals surface area contributed by atoms with Gasteiger partial charge in [0.2, 0.25) is 0 Å². The molecular formula is C28H32F2N4O5Si. The normalized spacial score (nSPS) is 13.6. The van der Waals surface area contributed by atoms with Gasteiger partial charge in [-0.25, -0.2) is 9.78 Å². The molecule has 212 valence electrons. The predicted octanol–water partition coefficient (Wildman–Crippen LogP) is 6.52. The number of carboxylic acid groups (broad SMARTS) is 1. The van der Waals surface area contributed by atoms with Crippen LogP contribution in [0.4, 0.5) is 13.6 Å². The van der Waals surface area contributed by atoms with Gasteiger partial charge in [-0.2, -0.15) is 14.0 Å². The second-order valence-corrected chi connectivity index (χ2v) is 16.6. The average molecular weight is 571 g/mol. The fourth-order valence-electron chi connectivity index (χ4n) is 4.88. The Kier molecular flexibility index (Phi) is 8.03. The zero-order valence-electron chi connectivity index (χ0n) is 23.3. The molecule has 0 aliphatic heterocycles. The van der Waals surface area contributed by atoms with Gasteiger partial charge in [-0.3, -0.25) is 4.57 Å². The van der Waals surface area contributed by atoms with Crippen molar-refractivity contribution >= 4 is 36.1 Å². The van der Waals surface area contributed by atoms with Crippen LogP contribution in [-0.2, 0) is 21.8 Å². The quantitative estimate of drug-likeness (QED) is 0.171. The molecule has 0 spiro atoms. The number of halogens is 2. The lowest BCUT2D eigenvalue weighted by atomic mass is 9.89. The topological polar surface area (TPSA) is 112 Å². The van der Waals surface area contributed by atoms with E-state index in [0.29, 0.717) is 45.5 Å². The summed E-state index contributed by atoms with van der Waals surface area (Å²) < 4.78 is 47.3. The summed E-state index contributed by atoms with van der Waals surface area (Å²) in [6, 6.07) is 11.0. The molecule has 1 N–H and O–H groups in total. The Morgan fingerprint density at radius 3 is 2.58 bits per heavy atom. The summed E-state index contributed by atoms with van der Waals surface area (Å²) in [5.41, 5.74) is 0.988. The summed E-state index contributed by atoms with van der Waals surface area (Å²) in [6.07, 6.45) is 0.130. The lowest BCUT2D eigenvalue weighted by Crippen LogP contribution is -2.32. The molecule has 1 atom stereocenters. The second kappa shape index (κ2) is 11.0. The number of alkyl halides is 2. The van der Waals surface area contributed by atoms with Crippen molar-refractivity contribution in [2.24, 2.45) is 0 Å². The molecule has 2 aromatic carbocycles. The molecule has 0 radical (unpaired) electrons. The van der Waals surface area contributed by atoms with E-state index in [9.17, 15) is 23.9 Å². The summed E-state index contributed by atoms with van der Waals surface area (Å²) in [7, 11) is 0.0494. The summed E-state index contributed by atoms with van der Waals surface area (Å²) in [4.78, 5) is 16.8. The van der Waals surface area contributed by atoms with Crippen molar-refractivity contribution in [3.63, 3.8) is 0 Å². The van der Waals surface area contributed by atoms with E-state index in [1.165, 1.54) is 25.4 Å². The van der Waals surface area contributed by atoms with Crippen LogP contribution in [-0.4, -0.2) is 53.7 Å². The van der Waals surface area contributed by atoms with Crippen LogP contribution in [0.1, 0.15) is 29.4 Å². The first-order valence-corrected chi connectivity index (χ1v) is 16.4. The van der Waals surface area contributed by atoms with Crippen LogP contribution in [0.15, 0.2) is 36.5 Å². The van der Waals surface area contributed by atoms with Crippen molar-refractivity contribution in [1.82, 2.24) is 14.1 Å². The van der Waals surface area contributed by atoms with Gasteiger partial charge in [0.15, 0.2) is 5.60 Å². The highest BCUT2D eigenvalue weighted by atomic mass is 28.3. The van der Waals surface area contributed by atoms with Crippen LogP contribution < -0.4 is 4.74 Å². The standard InChI is InChI=1S/C28H32F2N4O5Si/c1-17-13-22(39-26(29)30)23(19-9-10-33(24(17)19)27(35)36)28(2,37-3)25-32-20-14-18(15-31)7-8-21(20)34(25)16-38-11-12-40(4,5)6/h7-10,13-14,26H,11-12,16H2,1-6H3,(H,35,36). The summed E-state index contributed by atoms with van der Waals surface area (Å²) in [5.74, 6) is 0.156. The molecule has 0 bridgehead atoms. The molecule has 1 unspecified atom stereocenters. The smallest absolute Gasteiger partial charge is 0.416 e. The first-order chi connectivity index (χ1) is 18.8. The van der Waals surface area contributed by atoms with Crippen LogP contribution in [0.2, 0.25) is 25.7 Å². The van der Waals surface area contributed by atoms with Crippen molar-refractivity contribution in [2.45, 2.75) is 58.5 Å². The molecule has 4 rings (SSSR count). The highest BCUT2D eigenvalue weighted by molar-refractivity contribution is 6.76. The Morgan fingerprint density at radius 1 is 1.25 bits per heavy atom. The van der Waals surface area contributed by atoms with E-state index in [2.05, 4.69) is 25.7 Å². The maximum Gasteiger partial charge on any atom is 0.416 e. The van der Waals surface area contributed by atoms with Gasteiger partial charge < -0.3 is 23.9 Å². The Morgan fingerprint density at radius 2 is 1.98 bits per heavy atom. The van der Waals surface area contributed by atoms with Gasteiger partial charge in [0.05, 0.1) is 28.2 Å². The van der Waals surface area contributed by atoms with Crippen LogP contribution in [0, 0.1) is 18.3 Å². The van der Waals surface area contributed by atoms with Crippen molar-refractivity contribution in [3.05, 3.63) is 59.0 Å². The number of aryl methyl sites for hydroxylation is 1. The number of aromatic nitrogens is 3. The number of carbonyl (C=O) groups is 1. The number of nitriles is 1. The molecule has 12 heteroatoms.